The van der Waals surface area contributed by atoms with E-state index in [0.717, 1.165) is 12.1 Å². The molecule has 3 aromatic rings. The first-order valence-corrected chi connectivity index (χ1v) is 10.1. The van der Waals surface area contributed by atoms with Crippen LogP contribution in [0.15, 0.2) is 36.7 Å². The number of nitrogens with zero attached hydrogens (tertiary/aromatic N) is 2. The van der Waals surface area contributed by atoms with Crippen LogP contribution >= 0.6 is 0 Å². The van der Waals surface area contributed by atoms with Crippen LogP contribution in [0.1, 0.15) is 35.3 Å². The number of benzene rings is 1. The third kappa shape index (κ3) is 4.03. The number of hydrogen-bond donors (Lipinski definition) is 2. The molecule has 1 fully saturated rings. The lowest BCUT2D eigenvalue weighted by molar-refractivity contribution is -0.234. The summed E-state index contributed by atoms with van der Waals surface area (Å²) in [7, 11) is 1.22. The number of rotatable bonds is 5. The van der Waals surface area contributed by atoms with Crippen molar-refractivity contribution >= 4 is 5.91 Å². The standard InChI is InChI=1S/C23H20F3N3O4/c1-32-13-9-14(24)17(15(25)10-13)20-19(26)18(23(31)6-2-3-8-33-23)16(21(29-20)22(27)30)12-5-4-7-28-11-12/h4-5,7,9-11,31H,2-3,6,8H2,1H3,(H2,27,30). The Morgan fingerprint density at radius 3 is 2.48 bits per heavy atom. The van der Waals surface area contributed by atoms with E-state index in [1.807, 2.05) is 0 Å². The maximum absolute atomic E-state index is 16.1. The van der Waals surface area contributed by atoms with Gasteiger partial charge in [0.1, 0.15) is 28.8 Å². The van der Waals surface area contributed by atoms with Gasteiger partial charge in [0.25, 0.3) is 5.91 Å². The van der Waals surface area contributed by atoms with Gasteiger partial charge in [-0.2, -0.15) is 0 Å². The Kier molecular flexibility index (Phi) is 6.05. The van der Waals surface area contributed by atoms with Crippen molar-refractivity contribution in [2.75, 3.05) is 13.7 Å². The second kappa shape index (κ2) is 8.80. The van der Waals surface area contributed by atoms with E-state index in [1.165, 1.54) is 31.6 Å². The summed E-state index contributed by atoms with van der Waals surface area (Å²) in [5.74, 6) is -7.01. The van der Waals surface area contributed by atoms with Gasteiger partial charge in [-0.1, -0.05) is 6.07 Å². The van der Waals surface area contributed by atoms with Crippen LogP contribution in [0, 0.1) is 17.5 Å². The summed E-state index contributed by atoms with van der Waals surface area (Å²) < 4.78 is 56.1. The lowest BCUT2D eigenvalue weighted by Crippen LogP contribution is -2.36. The van der Waals surface area contributed by atoms with E-state index in [-0.39, 0.29) is 29.9 Å². The minimum absolute atomic E-state index is 0.0214. The Morgan fingerprint density at radius 2 is 1.94 bits per heavy atom. The predicted octanol–water partition coefficient (Wildman–Crippen LogP) is 3.68. The van der Waals surface area contributed by atoms with Crippen molar-refractivity contribution in [2.45, 2.75) is 25.0 Å². The molecule has 2 aromatic heterocycles. The van der Waals surface area contributed by atoms with Crippen molar-refractivity contribution in [3.63, 3.8) is 0 Å². The first-order chi connectivity index (χ1) is 15.8. The third-order valence-electron chi connectivity index (χ3n) is 5.45. The summed E-state index contributed by atoms with van der Waals surface area (Å²) in [6, 6.07) is 4.75. The molecule has 172 valence electrons. The van der Waals surface area contributed by atoms with Crippen molar-refractivity contribution in [1.29, 1.82) is 0 Å². The number of hydrogen-bond acceptors (Lipinski definition) is 6. The molecule has 3 N–H and O–H groups in total. The molecule has 4 rings (SSSR count). The number of primary amides is 1. The number of ether oxygens (including phenoxy) is 2. The zero-order valence-corrected chi connectivity index (χ0v) is 17.6. The molecule has 33 heavy (non-hydrogen) atoms. The second-order valence-electron chi connectivity index (χ2n) is 7.53. The normalized spacial score (nSPS) is 18.2. The van der Waals surface area contributed by atoms with E-state index in [2.05, 4.69) is 9.97 Å². The van der Waals surface area contributed by atoms with Crippen molar-refractivity contribution < 1.29 is 32.5 Å². The Morgan fingerprint density at radius 1 is 1.21 bits per heavy atom. The van der Waals surface area contributed by atoms with E-state index in [9.17, 15) is 18.7 Å². The van der Waals surface area contributed by atoms with Gasteiger partial charge in [0.2, 0.25) is 0 Å². The van der Waals surface area contributed by atoms with Crippen LogP contribution in [0.4, 0.5) is 13.2 Å². The summed E-state index contributed by atoms with van der Waals surface area (Å²) in [6.45, 7) is 0.108. The molecule has 0 aliphatic carbocycles. The second-order valence-corrected chi connectivity index (χ2v) is 7.53. The number of carbonyl (C=O) groups is 1. The molecule has 0 spiro atoms. The van der Waals surface area contributed by atoms with Crippen LogP contribution in [-0.4, -0.2) is 34.7 Å². The fourth-order valence-electron chi connectivity index (χ4n) is 3.94. The molecule has 7 nitrogen and oxygen atoms in total. The number of halogens is 3. The van der Waals surface area contributed by atoms with Gasteiger partial charge in [-0.25, -0.2) is 18.2 Å². The highest BCUT2D eigenvalue weighted by molar-refractivity contribution is 5.99. The number of carbonyl (C=O) groups excluding carboxylic acids is 1. The molecule has 1 atom stereocenters. The highest BCUT2D eigenvalue weighted by atomic mass is 19.1. The minimum Gasteiger partial charge on any atom is -0.497 e. The lowest BCUT2D eigenvalue weighted by atomic mass is 9.87. The quantitative estimate of drug-likeness (QED) is 0.603. The van der Waals surface area contributed by atoms with Crippen LogP contribution in [0.3, 0.4) is 0 Å². The van der Waals surface area contributed by atoms with E-state index in [0.29, 0.717) is 12.8 Å². The van der Waals surface area contributed by atoms with E-state index in [1.54, 1.807) is 0 Å². The maximum Gasteiger partial charge on any atom is 0.267 e. The zero-order valence-electron chi connectivity index (χ0n) is 17.6. The topological polar surface area (TPSA) is 108 Å². The molecule has 0 saturated carbocycles. The SMILES string of the molecule is COc1cc(F)c(-c2nc(C(N)=O)c(-c3cccnc3)c(C3(O)CCCCO3)c2F)c(F)c1. The number of aliphatic hydroxyl groups is 1. The molecule has 1 unspecified atom stereocenters. The average molecular weight is 459 g/mol. The maximum atomic E-state index is 16.1. The first kappa shape index (κ1) is 22.7. The van der Waals surface area contributed by atoms with Crippen molar-refractivity contribution in [2.24, 2.45) is 5.73 Å². The van der Waals surface area contributed by atoms with Crippen molar-refractivity contribution in [1.82, 2.24) is 9.97 Å². The lowest BCUT2D eigenvalue weighted by Gasteiger charge is -2.35. The van der Waals surface area contributed by atoms with E-state index in [4.69, 9.17) is 15.2 Å². The fourth-order valence-corrected chi connectivity index (χ4v) is 3.94. The van der Waals surface area contributed by atoms with E-state index >= 15 is 4.39 Å². The smallest absolute Gasteiger partial charge is 0.267 e. The van der Waals surface area contributed by atoms with Crippen molar-refractivity contribution in [3.8, 4) is 28.1 Å². The van der Waals surface area contributed by atoms with Crippen LogP contribution in [0.5, 0.6) is 5.75 Å². The van der Waals surface area contributed by atoms with Gasteiger partial charge in [-0.05, 0) is 18.9 Å². The highest BCUT2D eigenvalue weighted by Crippen LogP contribution is 2.44. The van der Waals surface area contributed by atoms with Gasteiger partial charge in [0, 0.05) is 42.1 Å². The number of pyridine rings is 2. The highest BCUT2D eigenvalue weighted by Gasteiger charge is 2.41. The summed E-state index contributed by atoms with van der Waals surface area (Å²) in [5.41, 5.74) is 2.96. The Hall–Kier alpha value is -3.50. The van der Waals surface area contributed by atoms with Crippen LogP contribution < -0.4 is 10.5 Å². The minimum atomic E-state index is -2.19. The molecular formula is C23H20F3N3O4. The molecule has 0 bridgehead atoms. The molecule has 1 saturated heterocycles. The van der Waals surface area contributed by atoms with Gasteiger partial charge < -0.3 is 20.3 Å². The van der Waals surface area contributed by atoms with Gasteiger partial charge in [0.05, 0.1) is 24.8 Å². The predicted molar refractivity (Wildman–Crippen MR) is 112 cm³/mol. The molecule has 1 aliphatic rings. The molecule has 10 heteroatoms. The van der Waals surface area contributed by atoms with Gasteiger partial charge >= 0.3 is 0 Å². The number of nitrogens with two attached hydrogens (primary N) is 1. The van der Waals surface area contributed by atoms with Gasteiger partial charge in [0.15, 0.2) is 11.6 Å². The molecule has 0 radical (unpaired) electrons. The molecule has 1 aromatic carbocycles. The molecular weight excluding hydrogens is 439 g/mol. The largest absolute Gasteiger partial charge is 0.497 e. The van der Waals surface area contributed by atoms with Gasteiger partial charge in [-0.15, -0.1) is 0 Å². The van der Waals surface area contributed by atoms with Crippen LogP contribution in [0.25, 0.3) is 22.4 Å². The Labute approximate surface area is 187 Å². The summed E-state index contributed by atoms with van der Waals surface area (Å²) in [4.78, 5) is 20.3. The van der Waals surface area contributed by atoms with Crippen LogP contribution in [0.2, 0.25) is 0 Å². The summed E-state index contributed by atoms with van der Waals surface area (Å²) in [5, 5.41) is 11.3. The average Bonchev–Trinajstić information content (AvgIpc) is 2.79. The van der Waals surface area contributed by atoms with Crippen LogP contribution in [-0.2, 0) is 10.5 Å². The summed E-state index contributed by atoms with van der Waals surface area (Å²) >= 11 is 0. The first-order valence-electron chi connectivity index (χ1n) is 10.1. The third-order valence-corrected chi connectivity index (χ3v) is 5.45. The monoisotopic (exact) mass is 459 g/mol. The molecule has 1 aliphatic heterocycles. The summed E-state index contributed by atoms with van der Waals surface area (Å²) in [6.07, 6.45) is 3.87. The Balaban J connectivity index is 2.11. The Bertz CT molecular complexity index is 1190. The number of amides is 1. The fraction of sp³-hybridized carbons (Fsp3) is 0.261. The van der Waals surface area contributed by atoms with Crippen molar-refractivity contribution in [3.05, 3.63) is 65.4 Å². The molecule has 3 heterocycles. The van der Waals surface area contributed by atoms with Gasteiger partial charge in [-0.3, -0.25) is 9.78 Å². The zero-order chi connectivity index (χ0) is 23.8. The van der Waals surface area contributed by atoms with E-state index < -0.39 is 51.7 Å². The molecule has 1 amide bonds. The number of aromatic nitrogens is 2. The number of methoxy groups -OCH3 is 1.